The van der Waals surface area contributed by atoms with Gasteiger partial charge in [0.25, 0.3) is 5.56 Å². The molecule has 1 aliphatic rings. The largest absolute Gasteiger partial charge is 0.491 e. The van der Waals surface area contributed by atoms with Crippen molar-refractivity contribution in [1.82, 2.24) is 14.5 Å². The second-order valence-electron chi connectivity index (χ2n) is 6.80. The number of nitrogens with zero attached hydrogens (tertiary/aromatic N) is 4. The second kappa shape index (κ2) is 9.57. The number of benzene rings is 1. The standard InChI is InChI=1S/C18H20ClFIN4O3P/c1-11(2)28-15-7-13(20)4-3-12(15)9-24-6-5-23(10-16(24)26)14-8-22-25(29-21)18(27)17(14)19/h3-4,7-8,11,29H,5-6,9-10H2,1-2H3. The third kappa shape index (κ3) is 5.19. The van der Waals surface area contributed by atoms with Gasteiger partial charge in [0.2, 0.25) is 5.91 Å². The number of hydrogen-bond donors (Lipinski definition) is 0. The molecule has 11 heteroatoms. The Kier molecular flexibility index (Phi) is 7.34. The highest BCUT2D eigenvalue weighted by Gasteiger charge is 2.27. The first-order valence-corrected chi connectivity index (χ1v) is 13.4. The van der Waals surface area contributed by atoms with Crippen LogP contribution in [0.5, 0.6) is 5.75 Å². The molecule has 2 aromatic rings. The number of anilines is 1. The fourth-order valence-corrected chi connectivity index (χ4v) is 4.65. The molecule has 29 heavy (non-hydrogen) atoms. The second-order valence-corrected chi connectivity index (χ2v) is 9.22. The van der Waals surface area contributed by atoms with Crippen LogP contribution in [0.1, 0.15) is 19.4 Å². The molecule has 7 nitrogen and oxygen atoms in total. The molecule has 1 unspecified atom stereocenters. The molecule has 0 aliphatic carbocycles. The topological polar surface area (TPSA) is 67.7 Å². The van der Waals surface area contributed by atoms with Crippen molar-refractivity contribution in [2.75, 3.05) is 24.5 Å². The molecule has 156 valence electrons. The number of carbonyl (C=O) groups is 1. The maximum atomic E-state index is 13.6. The number of rotatable bonds is 6. The average Bonchev–Trinajstić information content (AvgIpc) is 2.67. The van der Waals surface area contributed by atoms with Crippen LogP contribution in [0.15, 0.2) is 29.2 Å². The quantitative estimate of drug-likeness (QED) is 0.406. The van der Waals surface area contributed by atoms with Crippen LogP contribution >= 0.6 is 40.0 Å². The third-order valence-electron chi connectivity index (χ3n) is 4.39. The fraction of sp³-hybridized carbons (Fsp3) is 0.389. The Morgan fingerprint density at radius 1 is 1.34 bits per heavy atom. The summed E-state index contributed by atoms with van der Waals surface area (Å²) in [7, 11) is 0. The molecule has 0 spiro atoms. The Morgan fingerprint density at radius 3 is 2.76 bits per heavy atom. The van der Waals surface area contributed by atoms with E-state index in [4.69, 9.17) is 16.3 Å². The van der Waals surface area contributed by atoms with Gasteiger partial charge in [0, 0.05) is 31.3 Å². The van der Waals surface area contributed by atoms with Crippen LogP contribution in [0.2, 0.25) is 5.02 Å². The molecular formula is C18H20ClFIN4O3P. The van der Waals surface area contributed by atoms with E-state index in [0.29, 0.717) is 31.1 Å². The highest BCUT2D eigenvalue weighted by Crippen LogP contribution is 2.28. The monoisotopic (exact) mass is 552 g/mol. The van der Waals surface area contributed by atoms with Gasteiger partial charge in [-0.15, -0.1) is 0 Å². The highest BCUT2D eigenvalue weighted by molar-refractivity contribution is 14.2. The molecule has 1 aromatic heterocycles. The summed E-state index contributed by atoms with van der Waals surface area (Å²) in [5.74, 6) is -0.0673. The van der Waals surface area contributed by atoms with Gasteiger partial charge in [0.1, 0.15) is 16.6 Å². The zero-order valence-corrected chi connectivity index (χ0v) is 19.8. The van der Waals surface area contributed by atoms with Crippen LogP contribution in [0.4, 0.5) is 10.1 Å². The van der Waals surface area contributed by atoms with Gasteiger partial charge in [-0.3, -0.25) is 9.59 Å². The maximum absolute atomic E-state index is 13.6. The minimum Gasteiger partial charge on any atom is -0.491 e. The van der Waals surface area contributed by atoms with E-state index in [1.54, 1.807) is 15.9 Å². The van der Waals surface area contributed by atoms with Crippen LogP contribution in [0.3, 0.4) is 0 Å². The first-order valence-electron chi connectivity index (χ1n) is 8.92. The number of aromatic nitrogens is 2. The lowest BCUT2D eigenvalue weighted by molar-refractivity contribution is -0.131. The molecule has 1 atom stereocenters. The van der Waals surface area contributed by atoms with Crippen molar-refractivity contribution in [1.29, 1.82) is 0 Å². The van der Waals surface area contributed by atoms with Crippen LogP contribution in [0.25, 0.3) is 0 Å². The van der Waals surface area contributed by atoms with E-state index in [1.807, 2.05) is 13.8 Å². The number of piperazine rings is 1. The number of ether oxygens (including phenoxy) is 1. The lowest BCUT2D eigenvalue weighted by atomic mass is 10.1. The van der Waals surface area contributed by atoms with Crippen molar-refractivity contribution in [3.05, 3.63) is 51.2 Å². The van der Waals surface area contributed by atoms with Crippen molar-refractivity contribution in [2.45, 2.75) is 26.5 Å². The third-order valence-corrected chi connectivity index (χ3v) is 6.60. The smallest absolute Gasteiger partial charge is 0.291 e. The molecule has 1 fully saturated rings. The number of carbonyl (C=O) groups excluding carboxylic acids is 1. The molecule has 3 rings (SSSR count). The zero-order chi connectivity index (χ0) is 21.1. The molecule has 0 bridgehead atoms. The van der Waals surface area contributed by atoms with Gasteiger partial charge in [-0.1, -0.05) is 17.7 Å². The van der Waals surface area contributed by atoms with Crippen molar-refractivity contribution >= 4 is 51.6 Å². The first kappa shape index (κ1) is 22.2. The van der Waals surface area contributed by atoms with Gasteiger partial charge in [0.15, 0.2) is 0 Å². The van der Waals surface area contributed by atoms with Crippen LogP contribution in [-0.2, 0) is 11.3 Å². The van der Waals surface area contributed by atoms with E-state index in [-0.39, 0.29) is 41.3 Å². The predicted molar refractivity (Wildman–Crippen MR) is 121 cm³/mol. The van der Waals surface area contributed by atoms with E-state index >= 15 is 0 Å². The Labute approximate surface area is 187 Å². The SMILES string of the molecule is CC(C)Oc1cc(F)ccc1CN1CCN(c2cnn(PI)c(=O)c2Cl)CC1=O. The van der Waals surface area contributed by atoms with E-state index < -0.39 is 0 Å². The van der Waals surface area contributed by atoms with E-state index in [9.17, 15) is 14.0 Å². The van der Waals surface area contributed by atoms with Gasteiger partial charge in [-0.25, -0.2) is 8.84 Å². The zero-order valence-electron chi connectivity index (χ0n) is 15.9. The number of hydrogen-bond acceptors (Lipinski definition) is 5. The molecule has 0 N–H and O–H groups in total. The molecular weight excluding hydrogens is 533 g/mol. The molecule has 1 saturated heterocycles. The Balaban J connectivity index is 1.74. The minimum absolute atomic E-state index is 0.0663. The molecule has 1 aromatic carbocycles. The van der Waals surface area contributed by atoms with E-state index in [0.717, 1.165) is 5.56 Å². The van der Waals surface area contributed by atoms with Crippen LogP contribution < -0.4 is 15.2 Å². The normalized spacial score (nSPS) is 15.0. The summed E-state index contributed by atoms with van der Waals surface area (Å²) in [6, 6.07) is 4.33. The molecule has 2 heterocycles. The summed E-state index contributed by atoms with van der Waals surface area (Å²) < 4.78 is 20.6. The number of halogens is 3. The van der Waals surface area contributed by atoms with Gasteiger partial charge < -0.3 is 14.5 Å². The van der Waals surface area contributed by atoms with Gasteiger partial charge in [0.05, 0.1) is 30.9 Å². The van der Waals surface area contributed by atoms with Crippen molar-refractivity contribution < 1.29 is 13.9 Å². The summed E-state index contributed by atoms with van der Waals surface area (Å²) in [6.45, 7) is 5.07. The first-order chi connectivity index (χ1) is 13.8. The van der Waals surface area contributed by atoms with Crippen molar-refractivity contribution in [3.63, 3.8) is 0 Å². The Bertz CT molecular complexity index is 975. The summed E-state index contributed by atoms with van der Waals surface area (Å²) in [5, 5.41) is 4.16. The minimum atomic E-state index is -0.385. The Morgan fingerprint density at radius 2 is 2.10 bits per heavy atom. The average molecular weight is 553 g/mol. The van der Waals surface area contributed by atoms with Crippen molar-refractivity contribution in [2.24, 2.45) is 0 Å². The lowest BCUT2D eigenvalue weighted by Crippen LogP contribution is -2.50. The molecule has 1 amide bonds. The Hall–Kier alpha value is -1.45. The molecule has 1 aliphatic heterocycles. The molecule has 0 saturated carbocycles. The van der Waals surface area contributed by atoms with E-state index in [2.05, 4.69) is 27.1 Å². The summed E-state index contributed by atoms with van der Waals surface area (Å²) in [5.41, 5.74) is 0.835. The van der Waals surface area contributed by atoms with Gasteiger partial charge >= 0.3 is 0 Å². The number of amides is 1. The lowest BCUT2D eigenvalue weighted by Gasteiger charge is -2.36. The molecule has 0 radical (unpaired) electrons. The van der Waals surface area contributed by atoms with Crippen LogP contribution in [-0.4, -0.2) is 46.1 Å². The van der Waals surface area contributed by atoms with Crippen LogP contribution in [0, 0.1) is 5.82 Å². The van der Waals surface area contributed by atoms with Gasteiger partial charge in [-0.05, 0) is 42.0 Å². The summed E-state index contributed by atoms with van der Waals surface area (Å²) >= 11 is 8.27. The highest BCUT2D eigenvalue weighted by atomic mass is 127. The van der Waals surface area contributed by atoms with E-state index in [1.165, 1.54) is 22.8 Å². The predicted octanol–water partition coefficient (Wildman–Crippen LogP) is 3.46. The van der Waals surface area contributed by atoms with Crippen molar-refractivity contribution in [3.8, 4) is 5.75 Å². The summed E-state index contributed by atoms with van der Waals surface area (Å²) in [6.07, 6.45) is 1.56. The van der Waals surface area contributed by atoms with Gasteiger partial charge in [-0.2, -0.15) is 5.10 Å². The fourth-order valence-electron chi connectivity index (χ4n) is 3.01. The summed E-state index contributed by atoms with van der Waals surface area (Å²) in [4.78, 5) is 28.4. The maximum Gasteiger partial charge on any atom is 0.291 e.